The molecule has 0 amide bonds. The van der Waals surface area contributed by atoms with E-state index in [1.165, 1.54) is 12.1 Å². The summed E-state index contributed by atoms with van der Waals surface area (Å²) in [6.45, 7) is 0. The van der Waals surface area contributed by atoms with Crippen LogP contribution in [-0.4, -0.2) is 20.2 Å². The molecule has 0 radical (unpaired) electrons. The summed E-state index contributed by atoms with van der Waals surface area (Å²) >= 11 is 0. The minimum absolute atomic E-state index is 0.00509. The molecule has 0 spiro atoms. The van der Waals surface area contributed by atoms with Gasteiger partial charge in [-0.25, -0.2) is 9.97 Å². The van der Waals surface area contributed by atoms with Crippen molar-refractivity contribution in [3.8, 4) is 45.5 Å². The highest BCUT2D eigenvalue weighted by Crippen LogP contribution is 2.36. The predicted molar refractivity (Wildman–Crippen MR) is 130 cm³/mol. The zero-order valence-electron chi connectivity index (χ0n) is 17.7. The number of rotatable bonds is 3. The summed E-state index contributed by atoms with van der Waals surface area (Å²) < 4.78 is 11.8. The summed E-state index contributed by atoms with van der Waals surface area (Å²) in [6.07, 6.45) is 0. The van der Waals surface area contributed by atoms with Crippen LogP contribution in [0.25, 0.3) is 56.2 Å². The molecule has 0 aliphatic heterocycles. The second-order valence-electron chi connectivity index (χ2n) is 7.96. The van der Waals surface area contributed by atoms with E-state index in [2.05, 4.69) is 9.97 Å². The van der Waals surface area contributed by atoms with Gasteiger partial charge in [-0.1, -0.05) is 12.1 Å². The Morgan fingerprint density at radius 3 is 1.41 bits per heavy atom. The first-order chi connectivity index (χ1) is 16.4. The van der Waals surface area contributed by atoms with Crippen molar-refractivity contribution >= 4 is 33.6 Å². The smallest absolute Gasteiger partial charge is 0.231 e. The van der Waals surface area contributed by atoms with Gasteiger partial charge in [-0.2, -0.15) is 0 Å². The number of anilines is 2. The highest BCUT2D eigenvalue weighted by molar-refractivity contribution is 5.87. The number of aromatic hydroxyl groups is 2. The van der Waals surface area contributed by atoms with Crippen LogP contribution in [0.2, 0.25) is 0 Å². The Hall–Kier alpha value is -4.98. The summed E-state index contributed by atoms with van der Waals surface area (Å²) in [5.41, 5.74) is 17.5. The van der Waals surface area contributed by atoms with Crippen LogP contribution in [-0.2, 0) is 0 Å². The van der Waals surface area contributed by atoms with E-state index in [-0.39, 0.29) is 11.5 Å². The fraction of sp³-hybridized carbons (Fsp3) is 0. The molecule has 4 aromatic carbocycles. The number of aromatic nitrogens is 2. The van der Waals surface area contributed by atoms with Crippen molar-refractivity contribution in [3.05, 3.63) is 72.8 Å². The lowest BCUT2D eigenvalue weighted by molar-refractivity contribution is 0.473. The molecule has 0 bridgehead atoms. The van der Waals surface area contributed by atoms with Crippen molar-refractivity contribution in [2.75, 3.05) is 11.5 Å². The molecular formula is C26H18N4O4. The third-order valence-corrected chi connectivity index (χ3v) is 5.61. The largest absolute Gasteiger partial charge is 0.507 e. The molecule has 0 unspecified atom stereocenters. The summed E-state index contributed by atoms with van der Waals surface area (Å²) in [5, 5.41) is 20.4. The van der Waals surface area contributed by atoms with Crippen LogP contribution < -0.4 is 11.5 Å². The highest BCUT2D eigenvalue weighted by Gasteiger charge is 2.15. The van der Waals surface area contributed by atoms with E-state index in [9.17, 15) is 10.2 Å². The SMILES string of the molecule is Nc1ccc(-c2nc3ccc(-c4ccc5nc(-c6ccc(N)cc6O)oc5c4)cc3o2)c(O)c1. The van der Waals surface area contributed by atoms with Crippen LogP contribution in [0.15, 0.2) is 81.6 Å². The topological polar surface area (TPSA) is 145 Å². The Morgan fingerprint density at radius 1 is 0.559 bits per heavy atom. The van der Waals surface area contributed by atoms with E-state index in [0.29, 0.717) is 56.5 Å². The van der Waals surface area contributed by atoms with Crippen LogP contribution in [0.1, 0.15) is 0 Å². The number of hydrogen-bond acceptors (Lipinski definition) is 8. The molecule has 0 saturated heterocycles. The van der Waals surface area contributed by atoms with Gasteiger partial charge in [0.15, 0.2) is 11.2 Å². The van der Waals surface area contributed by atoms with Gasteiger partial charge in [0, 0.05) is 23.5 Å². The molecule has 2 aromatic heterocycles. The van der Waals surface area contributed by atoms with Crippen molar-refractivity contribution in [1.82, 2.24) is 9.97 Å². The van der Waals surface area contributed by atoms with Crippen LogP contribution in [0.5, 0.6) is 11.5 Å². The third kappa shape index (κ3) is 3.25. The summed E-state index contributed by atoms with van der Waals surface area (Å²) in [6, 6.07) is 21.0. The first-order valence-electron chi connectivity index (χ1n) is 10.4. The van der Waals surface area contributed by atoms with Crippen molar-refractivity contribution in [1.29, 1.82) is 0 Å². The Bertz CT molecular complexity index is 1590. The second kappa shape index (κ2) is 7.28. The number of phenolic OH excluding ortho intramolecular Hbond substituents is 2. The standard InChI is InChI=1S/C26H18N4O4/c27-15-3-5-17(21(31)11-15)25-29-19-7-1-13(9-23(19)33-25)14-2-8-20-24(10-14)34-26(30-20)18-6-4-16(28)12-22(18)32/h1-12,31-32H,27-28H2. The molecule has 6 rings (SSSR count). The Balaban J connectivity index is 1.39. The van der Waals surface area contributed by atoms with Gasteiger partial charge in [0.2, 0.25) is 11.8 Å². The highest BCUT2D eigenvalue weighted by atomic mass is 16.4. The average molecular weight is 450 g/mol. The third-order valence-electron chi connectivity index (χ3n) is 5.61. The number of phenols is 2. The van der Waals surface area contributed by atoms with E-state index >= 15 is 0 Å². The number of nitrogens with zero attached hydrogens (tertiary/aromatic N) is 2. The molecule has 8 heteroatoms. The van der Waals surface area contributed by atoms with E-state index in [4.69, 9.17) is 20.3 Å². The maximum absolute atomic E-state index is 10.2. The minimum atomic E-state index is 0.00509. The minimum Gasteiger partial charge on any atom is -0.507 e. The predicted octanol–water partition coefficient (Wildman–Crippen LogP) is 5.55. The Labute approximate surface area is 192 Å². The van der Waals surface area contributed by atoms with Crippen molar-refractivity contribution in [2.24, 2.45) is 0 Å². The second-order valence-corrected chi connectivity index (χ2v) is 7.96. The molecule has 0 aliphatic carbocycles. The lowest BCUT2D eigenvalue weighted by atomic mass is 10.1. The summed E-state index contributed by atoms with van der Waals surface area (Å²) in [4.78, 5) is 8.96. The fourth-order valence-electron chi connectivity index (χ4n) is 3.90. The van der Waals surface area contributed by atoms with Gasteiger partial charge in [0.25, 0.3) is 0 Å². The quantitative estimate of drug-likeness (QED) is 0.257. The monoisotopic (exact) mass is 450 g/mol. The number of hydrogen-bond donors (Lipinski definition) is 4. The maximum atomic E-state index is 10.2. The zero-order valence-corrected chi connectivity index (χ0v) is 17.7. The molecule has 2 heterocycles. The molecule has 8 nitrogen and oxygen atoms in total. The molecule has 0 fully saturated rings. The van der Waals surface area contributed by atoms with Crippen molar-refractivity contribution < 1.29 is 19.0 Å². The van der Waals surface area contributed by atoms with Gasteiger partial charge in [0.1, 0.15) is 22.5 Å². The molecule has 0 aliphatic rings. The molecule has 0 saturated carbocycles. The lowest BCUT2D eigenvalue weighted by Gasteiger charge is -2.01. The number of nitrogens with two attached hydrogens (primary N) is 2. The zero-order chi connectivity index (χ0) is 23.4. The molecule has 34 heavy (non-hydrogen) atoms. The summed E-state index contributed by atoms with van der Waals surface area (Å²) in [7, 11) is 0. The normalized spacial score (nSPS) is 11.4. The van der Waals surface area contributed by atoms with Gasteiger partial charge < -0.3 is 30.5 Å². The number of fused-ring (bicyclic) bond motifs is 2. The van der Waals surface area contributed by atoms with E-state index < -0.39 is 0 Å². The maximum Gasteiger partial charge on any atom is 0.231 e. The first kappa shape index (κ1) is 19.7. The lowest BCUT2D eigenvalue weighted by Crippen LogP contribution is -1.85. The van der Waals surface area contributed by atoms with Crippen LogP contribution in [0.4, 0.5) is 11.4 Å². The Kier molecular flexibility index (Phi) is 4.21. The average Bonchev–Trinajstić information content (AvgIpc) is 3.41. The molecule has 166 valence electrons. The van der Waals surface area contributed by atoms with Gasteiger partial charge >= 0.3 is 0 Å². The number of oxazole rings is 2. The number of nitrogen functional groups attached to an aromatic ring is 2. The molecular weight excluding hydrogens is 432 g/mol. The Morgan fingerprint density at radius 2 is 1.00 bits per heavy atom. The number of benzene rings is 4. The van der Waals surface area contributed by atoms with Crippen LogP contribution >= 0.6 is 0 Å². The molecule has 0 atom stereocenters. The van der Waals surface area contributed by atoms with Gasteiger partial charge in [-0.05, 0) is 59.7 Å². The van der Waals surface area contributed by atoms with E-state index in [1.54, 1.807) is 24.3 Å². The van der Waals surface area contributed by atoms with Crippen LogP contribution in [0, 0.1) is 0 Å². The van der Waals surface area contributed by atoms with Gasteiger partial charge in [0.05, 0.1) is 11.1 Å². The first-order valence-corrected chi connectivity index (χ1v) is 10.4. The summed E-state index contributed by atoms with van der Waals surface area (Å²) in [5.74, 6) is 0.627. The molecule has 6 aromatic rings. The van der Waals surface area contributed by atoms with Gasteiger partial charge in [-0.15, -0.1) is 0 Å². The van der Waals surface area contributed by atoms with Crippen molar-refractivity contribution in [3.63, 3.8) is 0 Å². The van der Waals surface area contributed by atoms with E-state index in [0.717, 1.165) is 11.1 Å². The van der Waals surface area contributed by atoms with Crippen LogP contribution in [0.3, 0.4) is 0 Å². The fourth-order valence-corrected chi connectivity index (χ4v) is 3.90. The molecule has 6 N–H and O–H groups in total. The van der Waals surface area contributed by atoms with Crippen molar-refractivity contribution in [2.45, 2.75) is 0 Å². The van der Waals surface area contributed by atoms with E-state index in [1.807, 2.05) is 36.4 Å². The van der Waals surface area contributed by atoms with Gasteiger partial charge in [-0.3, -0.25) is 0 Å².